The van der Waals surface area contributed by atoms with Crippen molar-refractivity contribution in [2.45, 2.75) is 19.8 Å². The van der Waals surface area contributed by atoms with E-state index < -0.39 is 0 Å². The van der Waals surface area contributed by atoms with Gasteiger partial charge in [-0.15, -0.1) is 0 Å². The van der Waals surface area contributed by atoms with Gasteiger partial charge in [0.25, 0.3) is 0 Å². The fourth-order valence-electron chi connectivity index (χ4n) is 1.96. The Hall–Kier alpha value is -1.03. The van der Waals surface area contributed by atoms with Gasteiger partial charge in [-0.3, -0.25) is 0 Å². The van der Waals surface area contributed by atoms with E-state index in [0.717, 1.165) is 39.4 Å². The number of aryl methyl sites for hydroxylation is 1. The number of halogens is 2. The zero-order valence-corrected chi connectivity index (χ0v) is 13.7. The van der Waals surface area contributed by atoms with E-state index in [1.165, 1.54) is 5.56 Å². The van der Waals surface area contributed by atoms with Crippen molar-refractivity contribution in [3.8, 4) is 11.5 Å². The lowest BCUT2D eigenvalue weighted by Crippen LogP contribution is -2.02. The quantitative estimate of drug-likeness (QED) is 0.823. The molecule has 0 saturated carbocycles. The van der Waals surface area contributed by atoms with Crippen molar-refractivity contribution in [1.82, 2.24) is 0 Å². The zero-order chi connectivity index (χ0) is 14.5. The third kappa shape index (κ3) is 3.75. The number of ether oxygens (including phenoxy) is 1. The SMILES string of the molecule is CCc1cc(Oc2ccc(CCN)cc2Br)ccc1Cl. The number of benzene rings is 2. The van der Waals surface area contributed by atoms with Crippen LogP contribution in [-0.2, 0) is 12.8 Å². The van der Waals surface area contributed by atoms with Gasteiger partial charge in [0, 0.05) is 5.02 Å². The Morgan fingerprint density at radius 1 is 1.20 bits per heavy atom. The predicted molar refractivity (Wildman–Crippen MR) is 87.8 cm³/mol. The van der Waals surface area contributed by atoms with E-state index in [4.69, 9.17) is 22.1 Å². The van der Waals surface area contributed by atoms with E-state index in [2.05, 4.69) is 22.9 Å². The van der Waals surface area contributed by atoms with Crippen LogP contribution in [0.25, 0.3) is 0 Å². The number of nitrogens with two attached hydrogens (primary N) is 1. The fourth-order valence-corrected chi connectivity index (χ4v) is 2.72. The molecule has 2 nitrogen and oxygen atoms in total. The van der Waals surface area contributed by atoms with Gasteiger partial charge < -0.3 is 10.5 Å². The number of rotatable bonds is 5. The minimum atomic E-state index is 0.643. The van der Waals surface area contributed by atoms with Crippen molar-refractivity contribution in [3.05, 3.63) is 57.0 Å². The summed E-state index contributed by atoms with van der Waals surface area (Å²) in [6, 6.07) is 11.7. The highest BCUT2D eigenvalue weighted by molar-refractivity contribution is 9.10. The highest BCUT2D eigenvalue weighted by Gasteiger charge is 2.06. The Balaban J connectivity index is 2.21. The average molecular weight is 355 g/mol. The summed E-state index contributed by atoms with van der Waals surface area (Å²) in [5.41, 5.74) is 7.83. The molecule has 0 heterocycles. The maximum atomic E-state index is 6.11. The van der Waals surface area contributed by atoms with Crippen LogP contribution in [-0.4, -0.2) is 6.54 Å². The van der Waals surface area contributed by atoms with Gasteiger partial charge in [-0.2, -0.15) is 0 Å². The molecule has 2 rings (SSSR count). The Kier molecular flexibility index (Phi) is 5.46. The van der Waals surface area contributed by atoms with Crippen LogP contribution in [0.4, 0.5) is 0 Å². The van der Waals surface area contributed by atoms with Gasteiger partial charge in [0.1, 0.15) is 11.5 Å². The highest BCUT2D eigenvalue weighted by Crippen LogP contribution is 2.32. The lowest BCUT2D eigenvalue weighted by atomic mass is 10.1. The molecule has 2 aromatic rings. The second-order valence-corrected chi connectivity index (χ2v) is 5.77. The lowest BCUT2D eigenvalue weighted by Gasteiger charge is -2.11. The number of hydrogen-bond acceptors (Lipinski definition) is 2. The van der Waals surface area contributed by atoms with Crippen molar-refractivity contribution >= 4 is 27.5 Å². The molecular weight excluding hydrogens is 338 g/mol. The van der Waals surface area contributed by atoms with Crippen molar-refractivity contribution < 1.29 is 4.74 Å². The molecule has 4 heteroatoms. The van der Waals surface area contributed by atoms with Crippen LogP contribution < -0.4 is 10.5 Å². The molecule has 0 spiro atoms. The summed E-state index contributed by atoms with van der Waals surface area (Å²) >= 11 is 9.64. The largest absolute Gasteiger partial charge is 0.456 e. The van der Waals surface area contributed by atoms with Gasteiger partial charge in [-0.05, 0) is 76.8 Å². The molecule has 0 aliphatic heterocycles. The third-order valence-electron chi connectivity index (χ3n) is 3.06. The van der Waals surface area contributed by atoms with Crippen LogP contribution in [0.2, 0.25) is 5.02 Å². The van der Waals surface area contributed by atoms with Crippen LogP contribution in [0.5, 0.6) is 11.5 Å². The van der Waals surface area contributed by atoms with E-state index >= 15 is 0 Å². The van der Waals surface area contributed by atoms with Crippen LogP contribution in [0, 0.1) is 0 Å². The van der Waals surface area contributed by atoms with Gasteiger partial charge in [0.2, 0.25) is 0 Å². The van der Waals surface area contributed by atoms with Crippen molar-refractivity contribution in [2.75, 3.05) is 6.54 Å². The Labute approximate surface area is 133 Å². The molecule has 0 amide bonds. The maximum absolute atomic E-state index is 6.11. The Morgan fingerprint density at radius 3 is 2.65 bits per heavy atom. The molecule has 0 bridgehead atoms. The molecule has 2 aromatic carbocycles. The van der Waals surface area contributed by atoms with E-state index in [0.29, 0.717) is 6.54 Å². The molecule has 20 heavy (non-hydrogen) atoms. The topological polar surface area (TPSA) is 35.2 Å². The summed E-state index contributed by atoms with van der Waals surface area (Å²) in [7, 11) is 0. The fraction of sp³-hybridized carbons (Fsp3) is 0.250. The first-order chi connectivity index (χ1) is 9.63. The Morgan fingerprint density at radius 2 is 2.00 bits per heavy atom. The van der Waals surface area contributed by atoms with Crippen molar-refractivity contribution in [2.24, 2.45) is 5.73 Å². The summed E-state index contributed by atoms with van der Waals surface area (Å²) in [6.07, 6.45) is 1.74. The summed E-state index contributed by atoms with van der Waals surface area (Å²) in [5.74, 6) is 1.58. The number of hydrogen-bond donors (Lipinski definition) is 1. The molecule has 0 unspecified atom stereocenters. The van der Waals surface area contributed by atoms with Crippen molar-refractivity contribution in [3.63, 3.8) is 0 Å². The second kappa shape index (κ2) is 7.11. The molecule has 106 valence electrons. The molecule has 0 aliphatic carbocycles. The first-order valence-electron chi connectivity index (χ1n) is 6.58. The molecule has 0 radical (unpaired) electrons. The predicted octanol–water partition coefficient (Wildman–Crippen LogP) is 4.96. The maximum Gasteiger partial charge on any atom is 0.141 e. The molecular formula is C16H17BrClNO. The first kappa shape index (κ1) is 15.4. The molecule has 0 aliphatic rings. The van der Waals surface area contributed by atoms with Crippen LogP contribution in [0.1, 0.15) is 18.1 Å². The summed E-state index contributed by atoms with van der Waals surface area (Å²) in [4.78, 5) is 0. The van der Waals surface area contributed by atoms with Crippen LogP contribution >= 0.6 is 27.5 Å². The van der Waals surface area contributed by atoms with Crippen LogP contribution in [0.3, 0.4) is 0 Å². The van der Waals surface area contributed by atoms with E-state index in [-0.39, 0.29) is 0 Å². The monoisotopic (exact) mass is 353 g/mol. The molecule has 0 saturated heterocycles. The van der Waals surface area contributed by atoms with Gasteiger partial charge in [0.15, 0.2) is 0 Å². The second-order valence-electron chi connectivity index (χ2n) is 4.51. The van der Waals surface area contributed by atoms with Crippen molar-refractivity contribution in [1.29, 1.82) is 0 Å². The van der Waals surface area contributed by atoms with Crippen LogP contribution in [0.15, 0.2) is 40.9 Å². The van der Waals surface area contributed by atoms with E-state index in [1.807, 2.05) is 36.4 Å². The van der Waals surface area contributed by atoms with Gasteiger partial charge in [0.05, 0.1) is 4.47 Å². The average Bonchev–Trinajstić information content (AvgIpc) is 2.44. The van der Waals surface area contributed by atoms with Gasteiger partial charge in [-0.1, -0.05) is 24.6 Å². The highest BCUT2D eigenvalue weighted by atomic mass is 79.9. The third-order valence-corrected chi connectivity index (χ3v) is 4.04. The minimum Gasteiger partial charge on any atom is -0.456 e. The summed E-state index contributed by atoms with van der Waals surface area (Å²) in [5, 5.41) is 0.775. The standard InChI is InChI=1S/C16H17BrClNO/c1-2-12-10-13(4-5-15(12)18)20-16-6-3-11(7-8-19)9-14(16)17/h3-6,9-10H,2,7-8,19H2,1H3. The molecule has 2 N–H and O–H groups in total. The smallest absolute Gasteiger partial charge is 0.141 e. The summed E-state index contributed by atoms with van der Waals surface area (Å²) < 4.78 is 6.83. The molecule has 0 atom stereocenters. The zero-order valence-electron chi connectivity index (χ0n) is 11.3. The lowest BCUT2D eigenvalue weighted by molar-refractivity contribution is 0.479. The molecule has 0 aromatic heterocycles. The first-order valence-corrected chi connectivity index (χ1v) is 7.76. The normalized spacial score (nSPS) is 10.6. The van der Waals surface area contributed by atoms with E-state index in [9.17, 15) is 0 Å². The van der Waals surface area contributed by atoms with Gasteiger partial charge in [-0.25, -0.2) is 0 Å². The summed E-state index contributed by atoms with van der Waals surface area (Å²) in [6.45, 7) is 2.71. The minimum absolute atomic E-state index is 0.643. The molecule has 0 fully saturated rings. The van der Waals surface area contributed by atoms with E-state index in [1.54, 1.807) is 0 Å². The Bertz CT molecular complexity index is 601. The van der Waals surface area contributed by atoms with Gasteiger partial charge >= 0.3 is 0 Å².